The number of anilines is 1. The van der Waals surface area contributed by atoms with Gasteiger partial charge < -0.3 is 10.1 Å². The van der Waals surface area contributed by atoms with E-state index in [4.69, 9.17) is 4.74 Å². The van der Waals surface area contributed by atoms with Crippen molar-refractivity contribution in [1.82, 2.24) is 9.97 Å². The van der Waals surface area contributed by atoms with E-state index in [9.17, 15) is 0 Å². The van der Waals surface area contributed by atoms with Gasteiger partial charge in [-0.2, -0.15) is 0 Å². The summed E-state index contributed by atoms with van der Waals surface area (Å²) in [4.78, 5) is 8.61. The largest absolute Gasteiger partial charge is 0.497 e. The monoisotopic (exact) mass is 305 g/mol. The maximum Gasteiger partial charge on any atom is 0.129 e. The van der Waals surface area contributed by atoms with Gasteiger partial charge in [-0.25, -0.2) is 9.97 Å². The smallest absolute Gasteiger partial charge is 0.129 e. The second-order valence-corrected chi connectivity index (χ2v) is 5.18. The predicted octanol–water partition coefficient (Wildman–Crippen LogP) is 3.81. The average Bonchev–Trinajstić information content (AvgIpc) is 2.63. The van der Waals surface area contributed by atoms with Crippen LogP contribution >= 0.6 is 0 Å². The zero-order valence-electron chi connectivity index (χ0n) is 13.1. The molecule has 0 radical (unpaired) electrons. The minimum absolute atomic E-state index is 0.817. The van der Waals surface area contributed by atoms with Crippen LogP contribution in [0.3, 0.4) is 0 Å². The Morgan fingerprint density at radius 3 is 2.48 bits per heavy atom. The first-order valence-corrected chi connectivity index (χ1v) is 7.59. The molecule has 0 aliphatic carbocycles. The van der Waals surface area contributed by atoms with E-state index >= 15 is 0 Å². The molecule has 0 fully saturated rings. The molecule has 0 saturated heterocycles. The number of aromatic nitrogens is 2. The summed E-state index contributed by atoms with van der Waals surface area (Å²) in [6.45, 7) is 0.817. The summed E-state index contributed by atoms with van der Waals surface area (Å²) in [5.41, 5.74) is 3.27. The third-order valence-corrected chi connectivity index (χ3v) is 3.62. The Hall–Kier alpha value is -2.88. The molecule has 0 atom stereocenters. The first-order chi connectivity index (χ1) is 11.3. The van der Waals surface area contributed by atoms with Crippen molar-refractivity contribution in [2.24, 2.45) is 0 Å². The molecule has 0 aliphatic rings. The van der Waals surface area contributed by atoms with Crippen LogP contribution in [0.4, 0.5) is 5.82 Å². The molecule has 0 aliphatic heterocycles. The highest BCUT2D eigenvalue weighted by molar-refractivity contribution is 5.61. The second kappa shape index (κ2) is 7.40. The lowest BCUT2D eigenvalue weighted by molar-refractivity contribution is 0.414. The summed E-state index contributed by atoms with van der Waals surface area (Å²) in [5.74, 6) is 1.72. The normalized spacial score (nSPS) is 10.3. The fraction of sp³-hybridized carbons (Fsp3) is 0.158. The number of methoxy groups -OCH3 is 1. The standard InChI is InChI=1S/C19H19N3O/c1-23-17-9-7-15(8-10-17)11-12-20-19-13-18(21-14-22-19)16-5-3-2-4-6-16/h2-10,13-14H,11-12H2,1H3,(H,20,21,22). The average molecular weight is 305 g/mol. The van der Waals surface area contributed by atoms with E-state index in [1.165, 1.54) is 5.56 Å². The van der Waals surface area contributed by atoms with Crippen molar-refractivity contribution < 1.29 is 4.74 Å². The Morgan fingerprint density at radius 1 is 0.957 bits per heavy atom. The van der Waals surface area contributed by atoms with Gasteiger partial charge in [-0.05, 0) is 24.1 Å². The van der Waals surface area contributed by atoms with Crippen molar-refractivity contribution >= 4 is 5.82 Å². The predicted molar refractivity (Wildman–Crippen MR) is 92.7 cm³/mol. The van der Waals surface area contributed by atoms with E-state index in [0.29, 0.717) is 0 Å². The third-order valence-electron chi connectivity index (χ3n) is 3.62. The van der Waals surface area contributed by atoms with Gasteiger partial charge in [0, 0.05) is 18.2 Å². The molecule has 3 aromatic rings. The van der Waals surface area contributed by atoms with Crippen LogP contribution in [0, 0.1) is 0 Å². The zero-order valence-corrected chi connectivity index (χ0v) is 13.1. The molecule has 0 saturated carbocycles. The van der Waals surface area contributed by atoms with E-state index in [2.05, 4.69) is 27.4 Å². The van der Waals surface area contributed by atoms with Gasteiger partial charge in [0.2, 0.25) is 0 Å². The first kappa shape index (κ1) is 15.0. The van der Waals surface area contributed by atoms with Crippen LogP contribution in [-0.4, -0.2) is 23.6 Å². The van der Waals surface area contributed by atoms with Crippen molar-refractivity contribution in [3.63, 3.8) is 0 Å². The topological polar surface area (TPSA) is 47.0 Å². The maximum atomic E-state index is 5.17. The summed E-state index contributed by atoms with van der Waals surface area (Å²) in [6.07, 6.45) is 2.52. The van der Waals surface area contributed by atoms with Crippen molar-refractivity contribution in [3.05, 3.63) is 72.6 Å². The highest BCUT2D eigenvalue weighted by atomic mass is 16.5. The summed E-state index contributed by atoms with van der Waals surface area (Å²) in [6, 6.07) is 20.2. The molecular weight excluding hydrogens is 286 g/mol. The highest BCUT2D eigenvalue weighted by Gasteiger charge is 2.01. The lowest BCUT2D eigenvalue weighted by Crippen LogP contribution is -2.06. The number of ether oxygens (including phenoxy) is 1. The van der Waals surface area contributed by atoms with E-state index < -0.39 is 0 Å². The van der Waals surface area contributed by atoms with Crippen molar-refractivity contribution in [1.29, 1.82) is 0 Å². The lowest BCUT2D eigenvalue weighted by Gasteiger charge is -2.08. The molecule has 4 heteroatoms. The van der Waals surface area contributed by atoms with Gasteiger partial charge in [-0.3, -0.25) is 0 Å². The first-order valence-electron chi connectivity index (χ1n) is 7.59. The molecule has 0 amide bonds. The van der Waals surface area contributed by atoms with Crippen molar-refractivity contribution in [2.45, 2.75) is 6.42 Å². The summed E-state index contributed by atoms with van der Waals surface area (Å²) in [5, 5.41) is 3.35. The molecule has 1 aromatic heterocycles. The second-order valence-electron chi connectivity index (χ2n) is 5.18. The number of hydrogen-bond donors (Lipinski definition) is 1. The molecule has 23 heavy (non-hydrogen) atoms. The number of hydrogen-bond acceptors (Lipinski definition) is 4. The third kappa shape index (κ3) is 4.07. The van der Waals surface area contributed by atoms with E-state index in [1.807, 2.05) is 48.5 Å². The minimum atomic E-state index is 0.817. The van der Waals surface area contributed by atoms with E-state index in [1.54, 1.807) is 13.4 Å². The van der Waals surface area contributed by atoms with Crippen LogP contribution < -0.4 is 10.1 Å². The van der Waals surface area contributed by atoms with Crippen molar-refractivity contribution in [2.75, 3.05) is 19.0 Å². The van der Waals surface area contributed by atoms with Crippen LogP contribution in [-0.2, 0) is 6.42 Å². The van der Waals surface area contributed by atoms with Crippen LogP contribution in [0.1, 0.15) is 5.56 Å². The molecule has 0 bridgehead atoms. The van der Waals surface area contributed by atoms with Crippen LogP contribution in [0.2, 0.25) is 0 Å². The van der Waals surface area contributed by atoms with Gasteiger partial charge in [0.1, 0.15) is 17.9 Å². The van der Waals surface area contributed by atoms with Gasteiger partial charge in [-0.1, -0.05) is 42.5 Å². The highest BCUT2D eigenvalue weighted by Crippen LogP contribution is 2.18. The van der Waals surface area contributed by atoms with Gasteiger partial charge in [0.25, 0.3) is 0 Å². The number of benzene rings is 2. The molecule has 116 valence electrons. The van der Waals surface area contributed by atoms with Gasteiger partial charge >= 0.3 is 0 Å². The minimum Gasteiger partial charge on any atom is -0.497 e. The zero-order chi connectivity index (χ0) is 15.9. The Balaban J connectivity index is 1.60. The fourth-order valence-corrected chi connectivity index (χ4v) is 2.35. The molecule has 0 unspecified atom stereocenters. The number of nitrogens with one attached hydrogen (secondary N) is 1. The summed E-state index contributed by atoms with van der Waals surface area (Å²) in [7, 11) is 1.68. The lowest BCUT2D eigenvalue weighted by atomic mass is 10.1. The Bertz CT molecular complexity index is 742. The van der Waals surface area contributed by atoms with E-state index in [0.717, 1.165) is 35.8 Å². The Morgan fingerprint density at radius 2 is 1.74 bits per heavy atom. The molecular formula is C19H19N3O. The summed E-state index contributed by atoms with van der Waals surface area (Å²) >= 11 is 0. The number of nitrogens with zero attached hydrogens (tertiary/aromatic N) is 2. The molecule has 3 rings (SSSR count). The SMILES string of the molecule is COc1ccc(CCNc2cc(-c3ccccc3)ncn2)cc1. The van der Waals surface area contributed by atoms with E-state index in [-0.39, 0.29) is 0 Å². The van der Waals surface area contributed by atoms with Gasteiger partial charge in [0.05, 0.1) is 12.8 Å². The molecule has 1 heterocycles. The molecule has 1 N–H and O–H groups in total. The molecule has 4 nitrogen and oxygen atoms in total. The van der Waals surface area contributed by atoms with Crippen LogP contribution in [0.5, 0.6) is 5.75 Å². The maximum absolute atomic E-state index is 5.17. The Labute approximate surface area is 136 Å². The Kier molecular flexibility index (Phi) is 4.84. The van der Waals surface area contributed by atoms with Crippen molar-refractivity contribution in [3.8, 4) is 17.0 Å². The quantitative estimate of drug-likeness (QED) is 0.752. The van der Waals surface area contributed by atoms with Gasteiger partial charge in [0.15, 0.2) is 0 Å². The molecule has 2 aromatic carbocycles. The van der Waals surface area contributed by atoms with Crippen LogP contribution in [0.25, 0.3) is 11.3 Å². The van der Waals surface area contributed by atoms with Gasteiger partial charge in [-0.15, -0.1) is 0 Å². The van der Waals surface area contributed by atoms with Crippen LogP contribution in [0.15, 0.2) is 67.0 Å². The fourth-order valence-electron chi connectivity index (χ4n) is 2.35. The summed E-state index contributed by atoms with van der Waals surface area (Å²) < 4.78 is 5.17. The molecule has 0 spiro atoms. The number of rotatable bonds is 6.